The van der Waals surface area contributed by atoms with Crippen LogP contribution in [0.1, 0.15) is 12.0 Å². The standard InChI is InChI=1S/C20H19FN6O3S/c1-12-3-5-15(10-18(12)31(23,28)29)26-20-24-11-16(21)19(27-20)25-14-6-4-13(7-8-22)17(9-14)30-2/h3,5-7,9-11H,4H2,1-2H3,(H2,23,28,29)(H2,24,25,26,27). The van der Waals surface area contributed by atoms with Gasteiger partial charge < -0.3 is 15.4 Å². The number of nitrogens with two attached hydrogens (primary N) is 1. The number of aryl methyl sites for hydroxylation is 1. The first kappa shape index (κ1) is 21.9. The average Bonchev–Trinajstić information content (AvgIpc) is 2.72. The monoisotopic (exact) mass is 442 g/mol. The van der Waals surface area contributed by atoms with Gasteiger partial charge in [0, 0.05) is 29.1 Å². The van der Waals surface area contributed by atoms with Gasteiger partial charge in [-0.1, -0.05) is 12.1 Å². The van der Waals surface area contributed by atoms with Crippen molar-refractivity contribution in [3.05, 3.63) is 71.0 Å². The zero-order valence-corrected chi connectivity index (χ0v) is 17.5. The number of ether oxygens (including phenoxy) is 1. The third-order valence-corrected chi connectivity index (χ3v) is 5.41. The fourth-order valence-electron chi connectivity index (χ4n) is 2.86. The van der Waals surface area contributed by atoms with Gasteiger partial charge in [-0.3, -0.25) is 0 Å². The van der Waals surface area contributed by atoms with Gasteiger partial charge in [0.1, 0.15) is 5.76 Å². The predicted octanol–water partition coefficient (Wildman–Crippen LogP) is 2.99. The Hall–Kier alpha value is -3.75. The molecule has 0 radical (unpaired) electrons. The molecule has 0 saturated heterocycles. The van der Waals surface area contributed by atoms with Gasteiger partial charge in [-0.25, -0.2) is 22.9 Å². The van der Waals surface area contributed by atoms with Gasteiger partial charge in [-0.2, -0.15) is 10.2 Å². The van der Waals surface area contributed by atoms with Crippen molar-refractivity contribution in [3.63, 3.8) is 0 Å². The summed E-state index contributed by atoms with van der Waals surface area (Å²) in [5.41, 5.74) is 2.09. The van der Waals surface area contributed by atoms with E-state index in [-0.39, 0.29) is 16.7 Å². The minimum atomic E-state index is -3.90. The Morgan fingerprint density at radius 3 is 2.81 bits per heavy atom. The molecule has 0 fully saturated rings. The molecule has 9 nitrogen and oxygen atoms in total. The van der Waals surface area contributed by atoms with Gasteiger partial charge in [-0.05, 0) is 31.0 Å². The van der Waals surface area contributed by atoms with Gasteiger partial charge in [0.25, 0.3) is 0 Å². The zero-order chi connectivity index (χ0) is 22.6. The van der Waals surface area contributed by atoms with Gasteiger partial charge in [0.05, 0.1) is 24.3 Å². The fraction of sp³-hybridized carbons (Fsp3) is 0.150. The predicted molar refractivity (Wildman–Crippen MR) is 113 cm³/mol. The number of rotatable bonds is 6. The molecule has 1 aliphatic carbocycles. The summed E-state index contributed by atoms with van der Waals surface area (Å²) >= 11 is 0. The molecule has 1 aliphatic rings. The maximum absolute atomic E-state index is 14.3. The lowest BCUT2D eigenvalue weighted by Crippen LogP contribution is -2.14. The minimum Gasteiger partial charge on any atom is -0.496 e. The molecule has 0 amide bonds. The van der Waals surface area contributed by atoms with Crippen molar-refractivity contribution in [1.82, 2.24) is 9.97 Å². The molecule has 160 valence electrons. The number of nitrogens with one attached hydrogen (secondary N) is 2. The van der Waals surface area contributed by atoms with Crippen molar-refractivity contribution in [2.24, 2.45) is 5.14 Å². The van der Waals surface area contributed by atoms with Crippen LogP contribution in [0.2, 0.25) is 0 Å². The van der Waals surface area contributed by atoms with E-state index in [0.717, 1.165) is 6.20 Å². The number of nitriles is 1. The molecule has 1 heterocycles. The largest absolute Gasteiger partial charge is 0.496 e. The van der Waals surface area contributed by atoms with E-state index < -0.39 is 15.8 Å². The number of hydrogen-bond acceptors (Lipinski definition) is 8. The van der Waals surface area contributed by atoms with Gasteiger partial charge >= 0.3 is 0 Å². The molecule has 1 aromatic carbocycles. The van der Waals surface area contributed by atoms with E-state index in [2.05, 4.69) is 20.6 Å². The molecule has 0 unspecified atom stereocenters. The Morgan fingerprint density at radius 2 is 2.13 bits per heavy atom. The van der Waals surface area contributed by atoms with Crippen molar-refractivity contribution in [2.45, 2.75) is 18.2 Å². The van der Waals surface area contributed by atoms with Gasteiger partial charge in [0.2, 0.25) is 16.0 Å². The van der Waals surface area contributed by atoms with Crippen LogP contribution < -0.4 is 15.8 Å². The van der Waals surface area contributed by atoms with Crippen LogP contribution in [0.4, 0.5) is 21.8 Å². The highest BCUT2D eigenvalue weighted by Gasteiger charge is 2.16. The average molecular weight is 442 g/mol. The van der Waals surface area contributed by atoms with Crippen LogP contribution in [-0.4, -0.2) is 25.5 Å². The lowest BCUT2D eigenvalue weighted by Gasteiger charge is -2.17. The van der Waals surface area contributed by atoms with Crippen LogP contribution in [0.3, 0.4) is 0 Å². The van der Waals surface area contributed by atoms with E-state index >= 15 is 0 Å². The third-order valence-electron chi connectivity index (χ3n) is 4.36. The second kappa shape index (κ2) is 8.95. The molecule has 3 rings (SSSR count). The summed E-state index contributed by atoms with van der Waals surface area (Å²) in [5.74, 6) is -0.256. The number of anilines is 3. The van der Waals surface area contributed by atoms with E-state index in [1.165, 1.54) is 19.3 Å². The summed E-state index contributed by atoms with van der Waals surface area (Å²) in [7, 11) is -2.43. The summed E-state index contributed by atoms with van der Waals surface area (Å²) in [4.78, 5) is 7.96. The second-order valence-electron chi connectivity index (χ2n) is 6.54. The second-order valence-corrected chi connectivity index (χ2v) is 8.07. The Bertz CT molecular complexity index is 1260. The lowest BCUT2D eigenvalue weighted by molar-refractivity contribution is 0.298. The molecule has 0 spiro atoms. The molecule has 0 aliphatic heterocycles. The maximum Gasteiger partial charge on any atom is 0.238 e. The van der Waals surface area contributed by atoms with Crippen LogP contribution in [0.25, 0.3) is 0 Å². The first-order chi connectivity index (χ1) is 14.7. The Labute approximate surface area is 178 Å². The lowest BCUT2D eigenvalue weighted by atomic mass is 10.0. The normalized spacial score (nSPS) is 15.0. The molecular formula is C20H19FN6O3S. The summed E-state index contributed by atoms with van der Waals surface area (Å²) in [5, 5.41) is 19.8. The summed E-state index contributed by atoms with van der Waals surface area (Å²) in [6.07, 6.45) is 6.18. The molecule has 0 bridgehead atoms. The van der Waals surface area contributed by atoms with E-state index in [1.807, 2.05) is 6.07 Å². The number of benzene rings is 1. The fourth-order valence-corrected chi connectivity index (χ4v) is 3.67. The highest BCUT2D eigenvalue weighted by molar-refractivity contribution is 7.89. The van der Waals surface area contributed by atoms with E-state index in [4.69, 9.17) is 15.1 Å². The quantitative estimate of drug-likeness (QED) is 0.579. The van der Waals surface area contributed by atoms with Crippen LogP contribution in [0, 0.1) is 24.1 Å². The topological polar surface area (TPSA) is 143 Å². The molecule has 11 heteroatoms. The number of nitrogens with zero attached hydrogens (tertiary/aromatic N) is 3. The molecule has 0 saturated carbocycles. The van der Waals surface area contributed by atoms with Crippen molar-refractivity contribution in [3.8, 4) is 6.07 Å². The molecule has 31 heavy (non-hydrogen) atoms. The highest BCUT2D eigenvalue weighted by atomic mass is 32.2. The summed E-state index contributed by atoms with van der Waals surface area (Å²) in [6.45, 7) is 1.62. The number of primary sulfonamides is 1. The molecule has 4 N–H and O–H groups in total. The minimum absolute atomic E-state index is 0.0382. The Balaban J connectivity index is 1.85. The number of hydrogen-bond donors (Lipinski definition) is 3. The van der Waals surface area contributed by atoms with E-state index in [0.29, 0.717) is 34.7 Å². The van der Waals surface area contributed by atoms with Gasteiger partial charge in [-0.15, -0.1) is 0 Å². The first-order valence-electron chi connectivity index (χ1n) is 8.96. The summed E-state index contributed by atoms with van der Waals surface area (Å²) in [6, 6.07) is 6.52. The number of halogens is 1. The van der Waals surface area contributed by atoms with Gasteiger partial charge in [0.15, 0.2) is 11.6 Å². The molecule has 0 atom stereocenters. The smallest absolute Gasteiger partial charge is 0.238 e. The van der Waals surface area contributed by atoms with Crippen LogP contribution >= 0.6 is 0 Å². The Morgan fingerprint density at radius 1 is 1.35 bits per heavy atom. The van der Waals surface area contributed by atoms with E-state index in [9.17, 15) is 12.8 Å². The number of allylic oxidation sites excluding steroid dienone is 4. The zero-order valence-electron chi connectivity index (χ0n) is 16.7. The number of methoxy groups -OCH3 is 1. The van der Waals surface area contributed by atoms with Crippen molar-refractivity contribution >= 4 is 27.5 Å². The highest BCUT2D eigenvalue weighted by Crippen LogP contribution is 2.26. The van der Waals surface area contributed by atoms with Crippen molar-refractivity contribution in [1.29, 1.82) is 5.26 Å². The van der Waals surface area contributed by atoms with Crippen molar-refractivity contribution < 1.29 is 17.5 Å². The summed E-state index contributed by atoms with van der Waals surface area (Å²) < 4.78 is 43.0. The van der Waals surface area contributed by atoms with E-state index in [1.54, 1.807) is 31.2 Å². The number of sulfonamides is 1. The van der Waals surface area contributed by atoms with Crippen molar-refractivity contribution in [2.75, 3.05) is 17.7 Å². The SMILES string of the molecule is COC1=CC(Nc2nc(Nc3ccc(C)c(S(N)(=O)=O)c3)ncc2F)=CCC1=CC#N. The molecular weight excluding hydrogens is 423 g/mol. The third kappa shape index (κ3) is 5.25. The molecule has 1 aromatic heterocycles. The Kier molecular flexibility index (Phi) is 6.33. The van der Waals surface area contributed by atoms with Crippen LogP contribution in [0.5, 0.6) is 0 Å². The molecule has 2 aromatic rings. The van der Waals surface area contributed by atoms with Crippen LogP contribution in [-0.2, 0) is 14.8 Å². The van der Waals surface area contributed by atoms with Crippen LogP contribution in [0.15, 0.2) is 64.5 Å². The first-order valence-corrected chi connectivity index (χ1v) is 10.5. The maximum atomic E-state index is 14.3. The number of aromatic nitrogens is 2.